The zero-order valence-corrected chi connectivity index (χ0v) is 36.6. The lowest BCUT2D eigenvalue weighted by Crippen LogP contribution is -2.60. The molecule has 0 bridgehead atoms. The first kappa shape index (κ1) is 42.7. The normalized spacial score (nSPS) is 34.2. The van der Waals surface area contributed by atoms with Crippen LogP contribution in [0, 0.1) is 50.7 Å². The van der Waals surface area contributed by atoms with Crippen LogP contribution in [0.2, 0.25) is 5.02 Å². The van der Waals surface area contributed by atoms with Crippen molar-refractivity contribution in [2.75, 3.05) is 0 Å². The molecule has 0 spiro atoms. The molecular weight excluding hydrogens is 722 g/mol. The van der Waals surface area contributed by atoms with Crippen LogP contribution in [0.3, 0.4) is 0 Å². The summed E-state index contributed by atoms with van der Waals surface area (Å²) in [7, 11) is 0. The highest BCUT2D eigenvalue weighted by atomic mass is 35.5. The fourth-order valence-electron chi connectivity index (χ4n) is 12.6. The van der Waals surface area contributed by atoms with E-state index in [0.717, 1.165) is 81.8 Å². The molecule has 0 aromatic heterocycles. The smallest absolute Gasteiger partial charge is 0.309 e. The van der Waals surface area contributed by atoms with Crippen molar-refractivity contribution in [2.45, 2.75) is 164 Å². The van der Waals surface area contributed by atoms with Crippen molar-refractivity contribution < 1.29 is 29.0 Å². The Kier molecular flexibility index (Phi) is 11.4. The molecule has 0 heterocycles. The molecule has 1 amide bonds. The van der Waals surface area contributed by atoms with Crippen LogP contribution in [0.5, 0.6) is 0 Å². The molecule has 4 saturated carbocycles. The van der Waals surface area contributed by atoms with E-state index in [2.05, 4.69) is 59.9 Å². The van der Waals surface area contributed by atoms with Crippen LogP contribution in [-0.4, -0.2) is 34.8 Å². The van der Waals surface area contributed by atoms with Gasteiger partial charge in [-0.2, -0.15) is 0 Å². The number of Topliss-reactive ketones (excluding diaryl/α,β-unsaturated/α-hetero) is 1. The molecule has 56 heavy (non-hydrogen) atoms. The maximum absolute atomic E-state index is 14.0. The molecule has 0 radical (unpaired) electrons. The molecule has 5 aliphatic rings. The highest BCUT2D eigenvalue weighted by Gasteiger charge is 2.62. The largest absolute Gasteiger partial charge is 0.481 e. The van der Waals surface area contributed by atoms with Crippen LogP contribution in [0.4, 0.5) is 0 Å². The fraction of sp³-hybridized carbons (Fsp3) is 0.708. The molecular formula is C48H68ClNO6. The van der Waals surface area contributed by atoms with Crippen molar-refractivity contribution in [3.8, 4) is 0 Å². The van der Waals surface area contributed by atoms with Gasteiger partial charge in [0.25, 0.3) is 0 Å². The SMILES string of the molecule is CC(=CC12CCC(C)C3(C)CCC4C(C)(C)C(OC(=O)CC(C)(C)C(=O)O)CCC4(C)C3CCCC1=C(C(C)C)C(=O)C2)C(=O)NC1(c2cccc(Cl)c2)CC1. The van der Waals surface area contributed by atoms with E-state index in [1.807, 2.05) is 31.2 Å². The van der Waals surface area contributed by atoms with E-state index in [0.29, 0.717) is 34.8 Å². The number of carboxylic acids is 1. The summed E-state index contributed by atoms with van der Waals surface area (Å²) >= 11 is 6.35. The van der Waals surface area contributed by atoms with Gasteiger partial charge in [-0.1, -0.05) is 83.8 Å². The van der Waals surface area contributed by atoms with Crippen molar-refractivity contribution in [1.82, 2.24) is 5.32 Å². The van der Waals surface area contributed by atoms with Gasteiger partial charge in [-0.05, 0) is 149 Å². The summed E-state index contributed by atoms with van der Waals surface area (Å²) in [5.41, 5.74) is 1.80. The predicted octanol–water partition coefficient (Wildman–Crippen LogP) is 11.2. The van der Waals surface area contributed by atoms with Crippen LogP contribution < -0.4 is 5.32 Å². The second kappa shape index (κ2) is 15.0. The number of ether oxygens (including phenoxy) is 1. The lowest BCUT2D eigenvalue weighted by molar-refractivity contribution is -0.201. The van der Waals surface area contributed by atoms with Crippen molar-refractivity contribution >= 4 is 35.2 Å². The number of carboxylic acid groups (broad SMARTS) is 1. The average molecular weight is 791 g/mol. The van der Waals surface area contributed by atoms with Crippen molar-refractivity contribution in [3.05, 3.63) is 57.6 Å². The van der Waals surface area contributed by atoms with E-state index < -0.39 is 28.3 Å². The predicted molar refractivity (Wildman–Crippen MR) is 222 cm³/mol. The van der Waals surface area contributed by atoms with Gasteiger partial charge in [0.05, 0.1) is 17.4 Å². The Bertz CT molecular complexity index is 1820. The van der Waals surface area contributed by atoms with Gasteiger partial charge in [0.15, 0.2) is 5.78 Å². The lowest BCUT2D eigenvalue weighted by Gasteiger charge is -2.65. The van der Waals surface area contributed by atoms with E-state index in [1.165, 1.54) is 5.57 Å². The first-order valence-electron chi connectivity index (χ1n) is 21.5. The fourth-order valence-corrected chi connectivity index (χ4v) is 12.8. The zero-order chi connectivity index (χ0) is 41.2. The van der Waals surface area contributed by atoms with Crippen molar-refractivity contribution in [2.24, 2.45) is 50.7 Å². The number of aliphatic carboxylic acids is 1. The number of amides is 1. The summed E-state index contributed by atoms with van der Waals surface area (Å²) in [4.78, 5) is 53.0. The van der Waals surface area contributed by atoms with Crippen LogP contribution in [0.1, 0.15) is 158 Å². The standard InChI is InChI=1S/C48H68ClNO6/c1-29(2)40-34-15-12-16-37-45(9,20-18-36-44(7,8)38(19-21-46(36,37)10)56-39(52)28-43(5,6)42(54)55)31(4)17-22-47(34,27-35(40)51)26-30(3)41(53)50-48(23-24-48)32-13-11-14-33(49)25-32/h11,13-14,25-26,29,31,36-38H,12,15-24,27-28H2,1-10H3,(H,50,53)(H,54,55). The number of carbonyl (C=O) groups excluding carboxylic acids is 3. The highest BCUT2D eigenvalue weighted by molar-refractivity contribution is 6.30. The third-order valence-electron chi connectivity index (χ3n) is 16.2. The number of rotatable bonds is 9. The average Bonchev–Trinajstić information content (AvgIpc) is 3.82. The molecule has 0 aliphatic heterocycles. The Labute approximate surface area is 341 Å². The Morgan fingerprint density at radius 1 is 0.982 bits per heavy atom. The molecule has 308 valence electrons. The van der Waals surface area contributed by atoms with E-state index in [1.54, 1.807) is 13.8 Å². The molecule has 1 aromatic carbocycles. The van der Waals surface area contributed by atoms with E-state index in [9.17, 15) is 24.3 Å². The summed E-state index contributed by atoms with van der Waals surface area (Å²) < 4.78 is 6.18. The monoisotopic (exact) mass is 789 g/mol. The number of fused-ring (bicyclic) bond motifs is 4. The zero-order valence-electron chi connectivity index (χ0n) is 35.8. The van der Waals surface area contributed by atoms with Crippen LogP contribution >= 0.6 is 11.6 Å². The molecule has 5 aliphatic carbocycles. The number of ketones is 1. The molecule has 0 saturated heterocycles. The van der Waals surface area contributed by atoms with Crippen molar-refractivity contribution in [1.29, 1.82) is 0 Å². The second-order valence-electron chi connectivity index (χ2n) is 20.9. The molecule has 2 N–H and O–H groups in total. The molecule has 8 heteroatoms. The summed E-state index contributed by atoms with van der Waals surface area (Å²) in [6.07, 6.45) is 12.6. The first-order valence-corrected chi connectivity index (χ1v) is 21.9. The Hall–Kier alpha value is -2.93. The Morgan fingerprint density at radius 2 is 1.66 bits per heavy atom. The number of nitrogens with one attached hydrogen (secondary N) is 1. The van der Waals surface area contributed by atoms with Gasteiger partial charge in [-0.3, -0.25) is 19.2 Å². The molecule has 7 atom stereocenters. The van der Waals surface area contributed by atoms with Gasteiger partial charge in [0, 0.05) is 27.8 Å². The molecule has 6 rings (SSSR count). The minimum atomic E-state index is -1.17. The Morgan fingerprint density at radius 3 is 2.29 bits per heavy atom. The van der Waals surface area contributed by atoms with Gasteiger partial charge in [0.1, 0.15) is 6.10 Å². The molecule has 1 aromatic rings. The third-order valence-corrected chi connectivity index (χ3v) is 16.4. The second-order valence-corrected chi connectivity index (χ2v) is 21.3. The minimum Gasteiger partial charge on any atom is -0.481 e. The summed E-state index contributed by atoms with van der Waals surface area (Å²) in [6.45, 7) is 21.4. The number of benzene rings is 1. The molecule has 7 unspecified atom stereocenters. The van der Waals surface area contributed by atoms with Gasteiger partial charge >= 0.3 is 11.9 Å². The summed E-state index contributed by atoms with van der Waals surface area (Å²) in [5.74, 6) is 0.0722. The van der Waals surface area contributed by atoms with E-state index >= 15 is 0 Å². The number of hydrogen-bond acceptors (Lipinski definition) is 5. The maximum atomic E-state index is 14.0. The number of carbonyl (C=O) groups is 4. The number of halogens is 1. The molecule has 7 nitrogen and oxygen atoms in total. The van der Waals surface area contributed by atoms with Gasteiger partial charge in [-0.25, -0.2) is 0 Å². The lowest BCUT2D eigenvalue weighted by atomic mass is 9.40. The van der Waals surface area contributed by atoms with Gasteiger partial charge in [0.2, 0.25) is 5.91 Å². The van der Waals surface area contributed by atoms with E-state index in [-0.39, 0.29) is 46.4 Å². The van der Waals surface area contributed by atoms with Crippen LogP contribution in [0.15, 0.2) is 47.1 Å². The first-order chi connectivity index (χ1) is 26.0. The van der Waals surface area contributed by atoms with Gasteiger partial charge < -0.3 is 15.2 Å². The summed E-state index contributed by atoms with van der Waals surface area (Å²) in [6, 6.07) is 7.80. The third kappa shape index (κ3) is 7.57. The number of allylic oxidation sites excluding steroid dienone is 3. The summed E-state index contributed by atoms with van der Waals surface area (Å²) in [5, 5.41) is 13.7. The number of hydrogen-bond donors (Lipinski definition) is 2. The van der Waals surface area contributed by atoms with Gasteiger partial charge in [-0.15, -0.1) is 0 Å². The highest BCUT2D eigenvalue weighted by Crippen LogP contribution is 2.68. The quantitative estimate of drug-likeness (QED) is 0.190. The van der Waals surface area contributed by atoms with Crippen LogP contribution in [0.25, 0.3) is 0 Å². The topological polar surface area (TPSA) is 110 Å². The Balaban J connectivity index is 1.27. The van der Waals surface area contributed by atoms with Crippen molar-refractivity contribution in [3.63, 3.8) is 0 Å². The maximum Gasteiger partial charge on any atom is 0.309 e. The number of esters is 1. The van der Waals surface area contributed by atoms with Crippen LogP contribution in [-0.2, 0) is 29.5 Å². The minimum absolute atomic E-state index is 0.0430. The van der Waals surface area contributed by atoms with E-state index in [4.69, 9.17) is 16.3 Å². The molecule has 4 fully saturated rings.